The predicted molar refractivity (Wildman–Crippen MR) is 92.7 cm³/mol. The van der Waals surface area contributed by atoms with Gasteiger partial charge in [-0.05, 0) is 42.8 Å². The van der Waals surface area contributed by atoms with Crippen molar-refractivity contribution >= 4 is 40.8 Å². The first kappa shape index (κ1) is 18.1. The highest BCUT2D eigenvalue weighted by Crippen LogP contribution is 2.22. The van der Waals surface area contributed by atoms with E-state index in [1.807, 2.05) is 0 Å². The largest absolute Gasteiger partial charge is 0.482 e. The number of hydrogen-bond acceptors (Lipinski definition) is 4. The van der Waals surface area contributed by atoms with Crippen LogP contribution < -0.4 is 10.1 Å². The molecule has 0 saturated heterocycles. The van der Waals surface area contributed by atoms with Crippen molar-refractivity contribution < 1.29 is 19.1 Å². The Morgan fingerprint density at radius 1 is 1.08 bits per heavy atom. The van der Waals surface area contributed by atoms with Crippen LogP contribution in [0.3, 0.4) is 0 Å². The molecule has 0 fully saturated rings. The Kier molecular flexibility index (Phi) is 6.46. The minimum atomic E-state index is -0.659. The SMILES string of the molecule is Cc1c(Cl)cccc1NC(=O)COC(=O)COc1cccc(Cl)c1. The highest BCUT2D eigenvalue weighted by atomic mass is 35.5. The quantitative estimate of drug-likeness (QED) is 0.787. The van der Waals surface area contributed by atoms with Crippen molar-refractivity contribution in [2.45, 2.75) is 6.92 Å². The van der Waals surface area contributed by atoms with Crippen LogP contribution in [0.1, 0.15) is 5.56 Å². The summed E-state index contributed by atoms with van der Waals surface area (Å²) in [6.07, 6.45) is 0. The van der Waals surface area contributed by atoms with E-state index in [9.17, 15) is 9.59 Å². The van der Waals surface area contributed by atoms with Gasteiger partial charge in [-0.3, -0.25) is 4.79 Å². The van der Waals surface area contributed by atoms with E-state index in [1.165, 1.54) is 0 Å². The summed E-state index contributed by atoms with van der Waals surface area (Å²) in [6.45, 7) is 1.05. The molecule has 2 aromatic carbocycles. The summed E-state index contributed by atoms with van der Waals surface area (Å²) in [5.41, 5.74) is 1.31. The van der Waals surface area contributed by atoms with Crippen LogP contribution in [0.25, 0.3) is 0 Å². The minimum Gasteiger partial charge on any atom is -0.482 e. The van der Waals surface area contributed by atoms with Gasteiger partial charge in [0.15, 0.2) is 13.2 Å². The van der Waals surface area contributed by atoms with Crippen LogP contribution >= 0.6 is 23.2 Å². The summed E-state index contributed by atoms with van der Waals surface area (Å²) in [5.74, 6) is -0.678. The van der Waals surface area contributed by atoms with Crippen LogP contribution in [-0.2, 0) is 14.3 Å². The fraction of sp³-hybridized carbons (Fsp3) is 0.176. The normalized spacial score (nSPS) is 10.1. The summed E-state index contributed by atoms with van der Waals surface area (Å²) in [6, 6.07) is 11.8. The van der Waals surface area contributed by atoms with E-state index in [0.717, 1.165) is 5.56 Å². The molecule has 0 aliphatic carbocycles. The van der Waals surface area contributed by atoms with Gasteiger partial charge in [0.2, 0.25) is 0 Å². The Morgan fingerprint density at radius 2 is 1.83 bits per heavy atom. The van der Waals surface area contributed by atoms with Gasteiger partial charge in [-0.15, -0.1) is 0 Å². The van der Waals surface area contributed by atoms with Crippen LogP contribution in [0, 0.1) is 6.92 Å². The van der Waals surface area contributed by atoms with Crippen LogP contribution in [0.2, 0.25) is 10.0 Å². The van der Waals surface area contributed by atoms with Gasteiger partial charge >= 0.3 is 5.97 Å². The Labute approximate surface area is 149 Å². The molecule has 0 atom stereocenters. The highest BCUT2D eigenvalue weighted by Gasteiger charge is 2.10. The van der Waals surface area contributed by atoms with Crippen LogP contribution in [0.4, 0.5) is 5.69 Å². The second-order valence-corrected chi connectivity index (χ2v) is 5.71. The van der Waals surface area contributed by atoms with Gasteiger partial charge in [0.05, 0.1) is 0 Å². The van der Waals surface area contributed by atoms with E-state index in [-0.39, 0.29) is 6.61 Å². The maximum Gasteiger partial charge on any atom is 0.344 e. The molecule has 0 bridgehead atoms. The molecule has 0 unspecified atom stereocenters. The van der Waals surface area contributed by atoms with Gasteiger partial charge in [0, 0.05) is 15.7 Å². The maximum atomic E-state index is 11.8. The number of rotatable bonds is 6. The van der Waals surface area contributed by atoms with Crippen molar-refractivity contribution in [2.24, 2.45) is 0 Å². The van der Waals surface area contributed by atoms with Gasteiger partial charge in [-0.1, -0.05) is 35.3 Å². The van der Waals surface area contributed by atoms with E-state index in [0.29, 0.717) is 21.5 Å². The summed E-state index contributed by atoms with van der Waals surface area (Å²) in [5, 5.41) is 3.67. The summed E-state index contributed by atoms with van der Waals surface area (Å²) in [7, 11) is 0. The zero-order chi connectivity index (χ0) is 17.5. The van der Waals surface area contributed by atoms with E-state index in [2.05, 4.69) is 5.32 Å². The fourth-order valence-electron chi connectivity index (χ4n) is 1.82. The van der Waals surface area contributed by atoms with Gasteiger partial charge in [0.1, 0.15) is 5.75 Å². The first-order valence-corrected chi connectivity index (χ1v) is 7.80. The van der Waals surface area contributed by atoms with Gasteiger partial charge in [-0.25, -0.2) is 4.79 Å². The molecule has 0 radical (unpaired) electrons. The Morgan fingerprint density at radius 3 is 2.58 bits per heavy atom. The third kappa shape index (κ3) is 5.44. The van der Waals surface area contributed by atoms with Crippen LogP contribution in [-0.4, -0.2) is 25.1 Å². The lowest BCUT2D eigenvalue weighted by Crippen LogP contribution is -2.24. The molecular formula is C17H15Cl2NO4. The molecule has 24 heavy (non-hydrogen) atoms. The van der Waals surface area contributed by atoms with E-state index in [1.54, 1.807) is 49.4 Å². The smallest absolute Gasteiger partial charge is 0.344 e. The van der Waals surface area contributed by atoms with Crippen molar-refractivity contribution in [3.63, 3.8) is 0 Å². The van der Waals surface area contributed by atoms with Crippen molar-refractivity contribution in [3.05, 3.63) is 58.1 Å². The standard InChI is InChI=1S/C17H15Cl2NO4/c1-11-14(19)6-3-7-15(11)20-16(21)9-24-17(22)10-23-13-5-2-4-12(18)8-13/h2-8H,9-10H2,1H3,(H,20,21). The lowest BCUT2D eigenvalue weighted by molar-refractivity contribution is -0.149. The van der Waals surface area contributed by atoms with Crippen molar-refractivity contribution in [1.29, 1.82) is 0 Å². The lowest BCUT2D eigenvalue weighted by atomic mass is 10.2. The highest BCUT2D eigenvalue weighted by molar-refractivity contribution is 6.31. The number of carbonyl (C=O) groups is 2. The van der Waals surface area contributed by atoms with Gasteiger partial charge in [-0.2, -0.15) is 0 Å². The zero-order valence-corrected chi connectivity index (χ0v) is 14.4. The van der Waals surface area contributed by atoms with E-state index in [4.69, 9.17) is 32.7 Å². The number of anilines is 1. The molecule has 126 valence electrons. The molecule has 2 aromatic rings. The summed E-state index contributed by atoms with van der Waals surface area (Å²) < 4.78 is 10.1. The number of ether oxygens (including phenoxy) is 2. The second-order valence-electron chi connectivity index (χ2n) is 4.87. The van der Waals surface area contributed by atoms with E-state index < -0.39 is 18.5 Å². The number of amides is 1. The summed E-state index contributed by atoms with van der Waals surface area (Å²) in [4.78, 5) is 23.4. The molecule has 0 heterocycles. The average molecular weight is 368 g/mol. The van der Waals surface area contributed by atoms with E-state index >= 15 is 0 Å². The molecule has 0 aliphatic heterocycles. The van der Waals surface area contributed by atoms with Crippen LogP contribution in [0.15, 0.2) is 42.5 Å². The third-order valence-corrected chi connectivity index (χ3v) is 3.70. The van der Waals surface area contributed by atoms with Crippen LogP contribution in [0.5, 0.6) is 5.75 Å². The zero-order valence-electron chi connectivity index (χ0n) is 12.8. The fourth-order valence-corrected chi connectivity index (χ4v) is 2.17. The van der Waals surface area contributed by atoms with Crippen molar-refractivity contribution in [1.82, 2.24) is 0 Å². The number of carbonyl (C=O) groups excluding carboxylic acids is 2. The molecule has 0 aliphatic rings. The topological polar surface area (TPSA) is 64.6 Å². The average Bonchev–Trinajstić information content (AvgIpc) is 2.55. The first-order chi connectivity index (χ1) is 11.5. The Hall–Kier alpha value is -2.24. The molecule has 0 aromatic heterocycles. The second kappa shape index (κ2) is 8.57. The first-order valence-electron chi connectivity index (χ1n) is 7.04. The summed E-state index contributed by atoms with van der Waals surface area (Å²) >= 11 is 11.8. The Balaban J connectivity index is 1.77. The van der Waals surface area contributed by atoms with Gasteiger partial charge < -0.3 is 14.8 Å². The number of esters is 1. The Bertz CT molecular complexity index is 749. The number of benzene rings is 2. The molecular weight excluding hydrogens is 353 g/mol. The molecule has 0 spiro atoms. The minimum absolute atomic E-state index is 0.316. The maximum absolute atomic E-state index is 11.8. The number of nitrogens with one attached hydrogen (secondary N) is 1. The molecule has 0 saturated carbocycles. The third-order valence-electron chi connectivity index (χ3n) is 3.06. The number of halogens is 2. The molecule has 1 amide bonds. The molecule has 5 nitrogen and oxygen atoms in total. The molecule has 7 heteroatoms. The van der Waals surface area contributed by atoms with Gasteiger partial charge in [0.25, 0.3) is 5.91 Å². The lowest BCUT2D eigenvalue weighted by Gasteiger charge is -2.10. The molecule has 2 rings (SSSR count). The predicted octanol–water partition coefficient (Wildman–Crippen LogP) is 3.86. The van der Waals surface area contributed by atoms with Crippen molar-refractivity contribution in [3.8, 4) is 5.75 Å². The van der Waals surface area contributed by atoms with Crippen molar-refractivity contribution in [2.75, 3.05) is 18.5 Å². The number of hydrogen-bond donors (Lipinski definition) is 1. The monoisotopic (exact) mass is 367 g/mol. The molecule has 1 N–H and O–H groups in total.